The number of carbonyl (C=O) groups is 3. The quantitative estimate of drug-likeness (QED) is 0.442. The Kier molecular flexibility index (Phi) is 4.45. The fourth-order valence-corrected chi connectivity index (χ4v) is 1.58. The summed E-state index contributed by atoms with van der Waals surface area (Å²) in [6, 6.07) is -1.24. The van der Waals surface area contributed by atoms with Crippen LogP contribution in [0.25, 0.3) is 0 Å². The maximum atomic E-state index is 11.7. The lowest BCUT2D eigenvalue weighted by Gasteiger charge is -2.32. The van der Waals surface area contributed by atoms with Gasteiger partial charge in [0.05, 0.1) is 6.42 Å². The van der Waals surface area contributed by atoms with Crippen molar-refractivity contribution < 1.29 is 19.5 Å². The number of primary amides is 1. The Balaban J connectivity index is 2.50. The number of carboxylic acid groups (broad SMARTS) is 1. The lowest BCUT2D eigenvalue weighted by atomic mass is 9.88. The van der Waals surface area contributed by atoms with E-state index in [2.05, 4.69) is 10.6 Å². The van der Waals surface area contributed by atoms with E-state index in [4.69, 9.17) is 10.8 Å². The van der Waals surface area contributed by atoms with Crippen LogP contribution in [0.5, 0.6) is 0 Å². The van der Waals surface area contributed by atoms with Crippen LogP contribution in [0.2, 0.25) is 0 Å². The maximum absolute atomic E-state index is 11.7. The molecule has 1 rings (SSSR count). The number of rotatable bonds is 6. The summed E-state index contributed by atoms with van der Waals surface area (Å²) in [7, 11) is 0. The maximum Gasteiger partial charge on any atom is 0.326 e. The Morgan fingerprint density at radius 2 is 2.06 bits per heavy atom. The topological polar surface area (TPSA) is 122 Å². The molecule has 1 fully saturated rings. The number of nitrogens with one attached hydrogen (secondary N) is 2. The second-order valence-electron chi connectivity index (χ2n) is 4.28. The van der Waals surface area contributed by atoms with Gasteiger partial charge in [0, 0.05) is 5.92 Å². The van der Waals surface area contributed by atoms with Gasteiger partial charge in [-0.2, -0.15) is 0 Å². The number of hydrogen-bond donors (Lipinski definition) is 4. The summed E-state index contributed by atoms with van der Waals surface area (Å²) in [6.45, 7) is 3.24. The van der Waals surface area contributed by atoms with Crippen molar-refractivity contribution in [2.75, 3.05) is 13.1 Å². The van der Waals surface area contributed by atoms with Gasteiger partial charge in [0.2, 0.25) is 11.8 Å². The number of carbonyl (C=O) groups excluding carboxylic acids is 2. The van der Waals surface area contributed by atoms with Gasteiger partial charge in [-0.1, -0.05) is 6.92 Å². The molecular formula is C10H17N3O4. The molecule has 1 saturated heterocycles. The van der Waals surface area contributed by atoms with Crippen LogP contribution in [0.3, 0.4) is 0 Å². The average Bonchev–Trinajstić information content (AvgIpc) is 2.12. The zero-order valence-electron chi connectivity index (χ0n) is 9.60. The van der Waals surface area contributed by atoms with E-state index in [9.17, 15) is 14.4 Å². The molecule has 0 spiro atoms. The summed E-state index contributed by atoms with van der Waals surface area (Å²) in [6.07, 6.45) is -0.392. The van der Waals surface area contributed by atoms with Gasteiger partial charge in [-0.25, -0.2) is 4.79 Å². The molecule has 0 aliphatic carbocycles. The molecule has 96 valence electrons. The van der Waals surface area contributed by atoms with Gasteiger partial charge in [0.1, 0.15) is 6.04 Å². The molecule has 7 heteroatoms. The van der Waals surface area contributed by atoms with E-state index in [1.165, 1.54) is 0 Å². The minimum Gasteiger partial charge on any atom is -0.480 e. The van der Waals surface area contributed by atoms with E-state index in [1.54, 1.807) is 6.92 Å². The third-order valence-corrected chi connectivity index (χ3v) is 2.95. The van der Waals surface area contributed by atoms with Gasteiger partial charge in [0.15, 0.2) is 0 Å². The highest BCUT2D eigenvalue weighted by Gasteiger charge is 2.31. The molecule has 2 amide bonds. The number of nitrogens with two attached hydrogens (primary N) is 1. The Morgan fingerprint density at radius 1 is 1.47 bits per heavy atom. The first kappa shape index (κ1) is 13.4. The predicted octanol–water partition coefficient (Wildman–Crippen LogP) is -1.71. The zero-order chi connectivity index (χ0) is 13.0. The largest absolute Gasteiger partial charge is 0.480 e. The Hall–Kier alpha value is -1.63. The van der Waals surface area contributed by atoms with Crippen molar-refractivity contribution in [1.29, 1.82) is 0 Å². The highest BCUT2D eigenvalue weighted by molar-refractivity contribution is 5.88. The smallest absolute Gasteiger partial charge is 0.326 e. The number of hydrogen-bond acceptors (Lipinski definition) is 4. The minimum atomic E-state index is -1.25. The molecule has 1 aliphatic rings. The fraction of sp³-hybridized carbons (Fsp3) is 0.700. The van der Waals surface area contributed by atoms with Gasteiger partial charge in [-0.3, -0.25) is 9.59 Å². The molecule has 0 aromatic rings. The molecule has 1 aliphatic heterocycles. The van der Waals surface area contributed by atoms with E-state index in [0.29, 0.717) is 0 Å². The number of carboxylic acids is 1. The Bertz CT molecular complexity index is 328. The summed E-state index contributed by atoms with van der Waals surface area (Å²) in [5, 5.41) is 14.2. The van der Waals surface area contributed by atoms with Gasteiger partial charge in [0.25, 0.3) is 0 Å². The molecule has 2 atom stereocenters. The predicted molar refractivity (Wildman–Crippen MR) is 58.9 cm³/mol. The monoisotopic (exact) mass is 243 g/mol. The van der Waals surface area contributed by atoms with Crippen molar-refractivity contribution in [3.63, 3.8) is 0 Å². The van der Waals surface area contributed by atoms with Crippen molar-refractivity contribution >= 4 is 17.8 Å². The summed E-state index contributed by atoms with van der Waals surface area (Å²) in [5.41, 5.74) is 4.92. The molecule has 5 N–H and O–H groups in total. The van der Waals surface area contributed by atoms with Crippen LogP contribution < -0.4 is 16.4 Å². The van der Waals surface area contributed by atoms with Crippen LogP contribution in [-0.4, -0.2) is 42.0 Å². The average molecular weight is 243 g/mol. The number of amides is 2. The second kappa shape index (κ2) is 5.62. The molecule has 1 unspecified atom stereocenters. The molecule has 0 bridgehead atoms. The molecule has 0 aromatic heterocycles. The van der Waals surface area contributed by atoms with Crippen molar-refractivity contribution in [3.8, 4) is 0 Å². The van der Waals surface area contributed by atoms with Gasteiger partial charge < -0.3 is 21.5 Å². The molecule has 0 radical (unpaired) electrons. The van der Waals surface area contributed by atoms with E-state index in [1.807, 2.05) is 0 Å². The lowest BCUT2D eigenvalue weighted by molar-refractivity contribution is -0.144. The van der Waals surface area contributed by atoms with Crippen molar-refractivity contribution in [2.24, 2.45) is 17.6 Å². The zero-order valence-corrected chi connectivity index (χ0v) is 9.60. The third kappa shape index (κ3) is 3.70. The fourth-order valence-electron chi connectivity index (χ4n) is 1.58. The van der Waals surface area contributed by atoms with Crippen molar-refractivity contribution in [2.45, 2.75) is 19.4 Å². The SMILES string of the molecule is CC(C(=O)N[C@H](CC(N)=O)C(=O)O)C1CNC1. The Morgan fingerprint density at radius 3 is 2.41 bits per heavy atom. The van der Waals surface area contributed by atoms with Crippen LogP contribution in [0, 0.1) is 11.8 Å². The normalized spacial score (nSPS) is 18.9. The standard InChI is InChI=1S/C10H17N3O4/c1-5(6-3-12-4-6)9(15)13-7(10(16)17)2-8(11)14/h5-7,12H,2-4H2,1H3,(H2,11,14)(H,13,15)(H,16,17)/t5?,7-/m1/s1. The first-order valence-electron chi connectivity index (χ1n) is 5.44. The highest BCUT2D eigenvalue weighted by Crippen LogP contribution is 2.16. The Labute approximate surface area is 98.7 Å². The number of aliphatic carboxylic acids is 1. The van der Waals surface area contributed by atoms with Crippen LogP contribution in [0.15, 0.2) is 0 Å². The van der Waals surface area contributed by atoms with Crippen molar-refractivity contribution in [1.82, 2.24) is 10.6 Å². The van der Waals surface area contributed by atoms with Crippen LogP contribution in [0.4, 0.5) is 0 Å². The summed E-state index contributed by atoms with van der Waals surface area (Å²) < 4.78 is 0. The minimum absolute atomic E-state index is 0.220. The van der Waals surface area contributed by atoms with Crippen molar-refractivity contribution in [3.05, 3.63) is 0 Å². The molecular weight excluding hydrogens is 226 g/mol. The van der Waals surface area contributed by atoms with Gasteiger partial charge >= 0.3 is 5.97 Å². The van der Waals surface area contributed by atoms with Gasteiger partial charge in [-0.05, 0) is 19.0 Å². The van der Waals surface area contributed by atoms with E-state index < -0.39 is 24.3 Å². The summed E-state index contributed by atoms with van der Waals surface area (Å²) in [4.78, 5) is 33.2. The van der Waals surface area contributed by atoms with Crippen LogP contribution in [0.1, 0.15) is 13.3 Å². The first-order valence-corrected chi connectivity index (χ1v) is 5.44. The second-order valence-corrected chi connectivity index (χ2v) is 4.28. The molecule has 0 aromatic carbocycles. The van der Waals surface area contributed by atoms with E-state index in [-0.39, 0.29) is 17.7 Å². The summed E-state index contributed by atoms with van der Waals surface area (Å²) in [5.74, 6) is -2.42. The van der Waals surface area contributed by atoms with Crippen LogP contribution in [-0.2, 0) is 14.4 Å². The highest BCUT2D eigenvalue weighted by atomic mass is 16.4. The van der Waals surface area contributed by atoms with E-state index in [0.717, 1.165) is 13.1 Å². The third-order valence-electron chi connectivity index (χ3n) is 2.95. The van der Waals surface area contributed by atoms with Gasteiger partial charge in [-0.15, -0.1) is 0 Å². The molecule has 7 nitrogen and oxygen atoms in total. The molecule has 0 saturated carbocycles. The summed E-state index contributed by atoms with van der Waals surface area (Å²) >= 11 is 0. The molecule has 17 heavy (non-hydrogen) atoms. The molecule has 1 heterocycles. The lowest BCUT2D eigenvalue weighted by Crippen LogP contribution is -2.52. The van der Waals surface area contributed by atoms with Crippen LogP contribution >= 0.6 is 0 Å². The first-order chi connectivity index (χ1) is 7.91. The van der Waals surface area contributed by atoms with E-state index >= 15 is 0 Å².